The third kappa shape index (κ3) is 12.7. The Kier molecular flexibility index (Phi) is 16.6. The first-order chi connectivity index (χ1) is 38.1. The molecule has 6 aromatic carbocycles. The number of fused-ring (bicyclic) bond motifs is 2. The molecule has 0 saturated carbocycles. The summed E-state index contributed by atoms with van der Waals surface area (Å²) in [5.41, 5.74) is 14.6. The van der Waals surface area contributed by atoms with Crippen LogP contribution in [0.1, 0.15) is 141 Å². The molecule has 4 aromatic heterocycles. The minimum Gasteiger partial charge on any atom is -0.476 e. The van der Waals surface area contributed by atoms with Crippen LogP contribution < -0.4 is 10.6 Å². The van der Waals surface area contributed by atoms with Crippen molar-refractivity contribution in [3.8, 4) is 22.3 Å². The van der Waals surface area contributed by atoms with Gasteiger partial charge in [0.15, 0.2) is 11.4 Å². The Morgan fingerprint density at radius 3 is 1.33 bits per heavy atom. The van der Waals surface area contributed by atoms with Crippen LogP contribution in [0.3, 0.4) is 0 Å². The Morgan fingerprint density at radius 2 is 0.911 bits per heavy atom. The summed E-state index contributed by atoms with van der Waals surface area (Å²) in [6.07, 6.45) is 6.61. The van der Waals surface area contributed by atoms with Crippen LogP contribution >= 0.6 is 0 Å². The average Bonchev–Trinajstić information content (AvgIpc) is 4.13. The van der Waals surface area contributed by atoms with Crippen LogP contribution in [0.2, 0.25) is 0 Å². The Morgan fingerprint density at radius 1 is 0.494 bits per heavy atom. The first-order valence-corrected chi connectivity index (χ1v) is 26.3. The minimum atomic E-state index is -1.05. The van der Waals surface area contributed by atoms with E-state index >= 15 is 0 Å². The van der Waals surface area contributed by atoms with E-state index in [1.807, 2.05) is 134 Å². The summed E-state index contributed by atoms with van der Waals surface area (Å²) in [4.78, 5) is 67.0. The molecular weight excluding hydrogens is 989 g/mol. The van der Waals surface area contributed by atoms with Gasteiger partial charge in [-0.3, -0.25) is 9.59 Å². The highest BCUT2D eigenvalue weighted by atomic mass is 16.5. The van der Waals surface area contributed by atoms with Crippen molar-refractivity contribution < 1.29 is 29.0 Å². The predicted molar refractivity (Wildman–Crippen MR) is 308 cm³/mol. The largest absolute Gasteiger partial charge is 0.476 e. The number of pyridine rings is 2. The molecule has 10 aromatic rings. The highest BCUT2D eigenvalue weighted by Gasteiger charge is 2.19. The van der Waals surface area contributed by atoms with Gasteiger partial charge in [-0.1, -0.05) is 137 Å². The first-order valence-electron chi connectivity index (χ1n) is 26.3. The van der Waals surface area contributed by atoms with Gasteiger partial charge in [0, 0.05) is 47.7 Å². The molecule has 79 heavy (non-hydrogen) atoms. The Labute approximate surface area is 459 Å². The zero-order valence-electron chi connectivity index (χ0n) is 45.2. The van der Waals surface area contributed by atoms with E-state index in [2.05, 4.69) is 87.1 Å². The van der Waals surface area contributed by atoms with Crippen LogP contribution in [0.5, 0.6) is 0 Å². The lowest BCUT2D eigenvalue weighted by atomic mass is 9.98. The van der Waals surface area contributed by atoms with Gasteiger partial charge in [-0.05, 0) is 119 Å². The maximum Gasteiger partial charge on any atom is 0.357 e. The second-order valence-corrected chi connectivity index (χ2v) is 20.2. The fraction of sp³-hybridized carbons (Fsp3) is 0.200. The fourth-order valence-electron chi connectivity index (χ4n) is 9.44. The molecule has 3 N–H and O–H groups in total. The Bertz CT molecular complexity index is 3820. The van der Waals surface area contributed by atoms with Crippen molar-refractivity contribution in [1.82, 2.24) is 39.7 Å². The highest BCUT2D eigenvalue weighted by Crippen LogP contribution is 2.28. The van der Waals surface area contributed by atoms with Gasteiger partial charge in [-0.15, -0.1) is 0 Å². The number of carbonyl (C=O) groups excluding carboxylic acids is 3. The van der Waals surface area contributed by atoms with Crippen LogP contribution in [0.4, 0.5) is 0 Å². The van der Waals surface area contributed by atoms with Gasteiger partial charge in [0.25, 0.3) is 11.8 Å². The maximum absolute atomic E-state index is 13.0. The van der Waals surface area contributed by atoms with Crippen LogP contribution in [0, 0.1) is 0 Å². The third-order valence-electron chi connectivity index (χ3n) is 14.0. The summed E-state index contributed by atoms with van der Waals surface area (Å²) < 4.78 is 8.95. The van der Waals surface area contributed by atoms with Gasteiger partial charge in [0.05, 0.1) is 53.9 Å². The maximum atomic E-state index is 13.0. The van der Waals surface area contributed by atoms with E-state index < -0.39 is 11.9 Å². The Hall–Kier alpha value is -9.56. The lowest BCUT2D eigenvalue weighted by molar-refractivity contribution is 0.0593. The number of carbonyl (C=O) groups is 4. The molecule has 0 bridgehead atoms. The highest BCUT2D eigenvalue weighted by molar-refractivity contribution is 5.99. The summed E-state index contributed by atoms with van der Waals surface area (Å²) in [6, 6.07) is 50.5. The number of benzene rings is 6. The van der Waals surface area contributed by atoms with Gasteiger partial charge >= 0.3 is 11.9 Å². The van der Waals surface area contributed by atoms with Gasteiger partial charge in [-0.2, -0.15) is 0 Å². The van der Waals surface area contributed by atoms with Gasteiger partial charge in [0.2, 0.25) is 0 Å². The molecule has 14 nitrogen and oxygen atoms in total. The first kappa shape index (κ1) is 54.2. The van der Waals surface area contributed by atoms with Crippen LogP contribution in [0.25, 0.3) is 44.3 Å². The van der Waals surface area contributed by atoms with Crippen molar-refractivity contribution in [2.24, 2.45) is 0 Å². The standard InChI is InChI=1S/C33H32N4O3.C32H30N4O3/c1-21(2)25-7-5-8-26(17-25)22(3)36-32(38)27-14-15-30-29(18-27)35-20-37(30)19-23-10-12-24(13-11-23)28-9-6-16-34-31(28)33(39)40-4;1-20(2)24-6-4-7-25(16-24)21(3)35-31(37)26-13-14-29-28(17-26)34-19-36(29)18-22-9-11-23(12-10-22)27-8-5-15-33-30(27)32(38)39/h5-18,20-22H,19H2,1-4H3,(H,36,38);4-17,19-21H,18H2,1-3H3,(H,35,37)(H,38,39)/t22-;21-/m00/s1. The summed E-state index contributed by atoms with van der Waals surface area (Å²) in [7, 11) is 1.35. The number of methoxy groups -OCH3 is 1. The van der Waals surface area contributed by atoms with Crippen LogP contribution in [-0.2, 0) is 17.8 Å². The van der Waals surface area contributed by atoms with E-state index in [1.165, 1.54) is 24.4 Å². The number of aromatic carboxylic acids is 1. The number of hydrogen-bond donors (Lipinski definition) is 3. The van der Waals surface area contributed by atoms with E-state index in [1.54, 1.807) is 37.1 Å². The number of aromatic nitrogens is 6. The van der Waals surface area contributed by atoms with Gasteiger partial charge < -0.3 is 29.6 Å². The van der Waals surface area contributed by atoms with Crippen molar-refractivity contribution in [2.45, 2.75) is 78.6 Å². The number of amides is 2. The normalized spacial score (nSPS) is 12.0. The zero-order valence-corrected chi connectivity index (χ0v) is 45.2. The number of esters is 1. The topological polar surface area (TPSA) is 183 Å². The quantitative estimate of drug-likeness (QED) is 0.0787. The van der Waals surface area contributed by atoms with E-state index in [0.29, 0.717) is 41.6 Å². The van der Waals surface area contributed by atoms with E-state index in [4.69, 9.17) is 4.74 Å². The molecule has 0 aliphatic heterocycles. The molecule has 0 saturated heterocycles. The molecule has 14 heteroatoms. The Balaban J connectivity index is 0.000000192. The third-order valence-corrected chi connectivity index (χ3v) is 14.0. The monoisotopic (exact) mass is 1050 g/mol. The molecule has 10 rings (SSSR count). The minimum absolute atomic E-state index is 0.0316. The summed E-state index contributed by atoms with van der Waals surface area (Å²) in [5, 5.41) is 15.7. The molecule has 398 valence electrons. The summed E-state index contributed by atoms with van der Waals surface area (Å²) in [5.74, 6) is -0.931. The summed E-state index contributed by atoms with van der Waals surface area (Å²) >= 11 is 0. The number of nitrogens with zero attached hydrogens (tertiary/aromatic N) is 6. The number of carboxylic acids is 1. The molecule has 4 heterocycles. The lowest BCUT2D eigenvalue weighted by Gasteiger charge is -2.16. The van der Waals surface area contributed by atoms with Crippen molar-refractivity contribution in [2.75, 3.05) is 7.11 Å². The van der Waals surface area contributed by atoms with Gasteiger partial charge in [-0.25, -0.2) is 29.5 Å². The van der Waals surface area contributed by atoms with Crippen molar-refractivity contribution in [3.05, 3.63) is 239 Å². The number of rotatable bonds is 16. The van der Waals surface area contributed by atoms with Crippen molar-refractivity contribution in [1.29, 1.82) is 0 Å². The predicted octanol–water partition coefficient (Wildman–Crippen LogP) is 13.0. The smallest absolute Gasteiger partial charge is 0.357 e. The van der Waals surface area contributed by atoms with E-state index in [0.717, 1.165) is 61.0 Å². The average molecular weight is 1050 g/mol. The molecule has 0 unspecified atom stereocenters. The van der Waals surface area contributed by atoms with Crippen molar-refractivity contribution in [3.63, 3.8) is 0 Å². The fourth-order valence-corrected chi connectivity index (χ4v) is 9.44. The molecule has 2 amide bonds. The van der Waals surface area contributed by atoms with Crippen LogP contribution in [0.15, 0.2) is 183 Å². The molecule has 0 aliphatic rings. The van der Waals surface area contributed by atoms with Crippen LogP contribution in [-0.4, -0.2) is 65.0 Å². The summed E-state index contributed by atoms with van der Waals surface area (Å²) in [6.45, 7) is 13.8. The molecule has 0 fully saturated rings. The molecule has 0 aliphatic carbocycles. The number of hydrogen-bond acceptors (Lipinski definition) is 9. The van der Waals surface area contributed by atoms with E-state index in [9.17, 15) is 24.3 Å². The SMILES string of the molecule is CC(C)c1cccc([C@H](C)NC(=O)c2ccc3c(c2)ncn3Cc2ccc(-c3cccnc3C(=O)O)cc2)c1.COC(=O)c1ncccc1-c1ccc(Cn2cnc3cc(C(=O)N[C@@H](C)c4cccc(C(C)C)c4)ccc32)cc1. The number of ether oxygens (including phenoxy) is 1. The molecule has 0 spiro atoms. The number of nitrogens with one attached hydrogen (secondary N) is 2. The lowest BCUT2D eigenvalue weighted by Crippen LogP contribution is -2.26. The second-order valence-electron chi connectivity index (χ2n) is 20.2. The second kappa shape index (κ2) is 24.2. The van der Waals surface area contributed by atoms with Gasteiger partial charge in [0.1, 0.15) is 0 Å². The molecular formula is C65H62N8O6. The molecule has 2 atom stereocenters. The number of imidazole rings is 2. The van der Waals surface area contributed by atoms with Crippen molar-refractivity contribution >= 4 is 45.8 Å². The van der Waals surface area contributed by atoms with E-state index in [-0.39, 0.29) is 35.3 Å². The number of carboxylic acid groups (broad SMARTS) is 1. The zero-order chi connectivity index (χ0) is 55.7. The molecule has 0 radical (unpaired) electrons.